The number of hydrogen-bond acceptors (Lipinski definition) is 2. The van der Waals surface area contributed by atoms with E-state index >= 15 is 0 Å². The number of ketones is 1. The van der Waals surface area contributed by atoms with E-state index in [1.54, 1.807) is 23.9 Å². The van der Waals surface area contributed by atoms with E-state index in [-0.39, 0.29) is 0 Å². The Bertz CT molecular complexity index is 292. The van der Waals surface area contributed by atoms with Gasteiger partial charge in [-0.2, -0.15) is 0 Å². The molecule has 1 unspecified atom stereocenters. The van der Waals surface area contributed by atoms with Gasteiger partial charge in [-0.05, 0) is 25.3 Å². The Kier molecular flexibility index (Phi) is 3.48. The van der Waals surface area contributed by atoms with E-state index in [0.29, 0.717) is 5.56 Å². The number of thioether (sulfide) groups is 1. The zero-order chi connectivity index (χ0) is 9.84. The van der Waals surface area contributed by atoms with Crippen LogP contribution in [0.25, 0.3) is 0 Å². The summed E-state index contributed by atoms with van der Waals surface area (Å²) < 4.78 is 12.6. The number of halogens is 1. The first-order chi connectivity index (χ1) is 6.15. The number of rotatable bonds is 3. The van der Waals surface area contributed by atoms with Gasteiger partial charge in [0.1, 0.15) is 0 Å². The molecule has 0 saturated heterocycles. The molecule has 13 heavy (non-hydrogen) atoms. The predicted molar refractivity (Wildman–Crippen MR) is 53.1 cm³/mol. The number of benzene rings is 1. The van der Waals surface area contributed by atoms with Gasteiger partial charge in [0, 0.05) is 10.5 Å². The minimum absolute atomic E-state index is 0.438. The molecule has 1 nitrogen and oxygen atoms in total. The zero-order valence-corrected chi connectivity index (χ0v) is 8.40. The van der Waals surface area contributed by atoms with Gasteiger partial charge >= 0.3 is 0 Å². The van der Waals surface area contributed by atoms with E-state index in [1.807, 2.05) is 18.4 Å². The Morgan fingerprint density at radius 3 is 2.31 bits per heavy atom. The molecule has 0 radical (unpaired) electrons. The monoisotopic (exact) mass is 198 g/mol. The fourth-order valence-corrected chi connectivity index (χ4v) is 1.39. The molecule has 0 amide bonds. The molecule has 0 heterocycles. The normalized spacial score (nSPS) is 12.5. The van der Waals surface area contributed by atoms with E-state index in [4.69, 9.17) is 0 Å². The van der Waals surface area contributed by atoms with Crippen molar-refractivity contribution in [3.05, 3.63) is 29.8 Å². The molecule has 0 aliphatic heterocycles. The van der Waals surface area contributed by atoms with Gasteiger partial charge in [0.05, 0.1) is 0 Å². The van der Waals surface area contributed by atoms with Crippen molar-refractivity contribution in [2.45, 2.75) is 18.0 Å². The maximum absolute atomic E-state index is 12.6. The molecule has 70 valence electrons. The van der Waals surface area contributed by atoms with Crippen molar-refractivity contribution >= 4 is 17.5 Å². The summed E-state index contributed by atoms with van der Waals surface area (Å²) in [7, 11) is 0. The van der Waals surface area contributed by atoms with Crippen LogP contribution in [0.5, 0.6) is 0 Å². The summed E-state index contributed by atoms with van der Waals surface area (Å²) in [4.78, 5) is 12.2. The van der Waals surface area contributed by atoms with Gasteiger partial charge in [0.25, 0.3) is 0 Å². The average molecular weight is 198 g/mol. The fourth-order valence-electron chi connectivity index (χ4n) is 0.985. The second-order valence-corrected chi connectivity index (χ2v) is 3.59. The van der Waals surface area contributed by atoms with Gasteiger partial charge < -0.3 is 0 Å². The van der Waals surface area contributed by atoms with Crippen molar-refractivity contribution in [2.75, 3.05) is 6.26 Å². The first kappa shape index (κ1) is 10.3. The standard InChI is InChI=1S/C10H11FOS/c1-7(11)10(12)8-3-5-9(13-2)6-4-8/h3-7H,1-2H3. The highest BCUT2D eigenvalue weighted by Gasteiger charge is 2.12. The lowest BCUT2D eigenvalue weighted by Crippen LogP contribution is -2.11. The highest BCUT2D eigenvalue weighted by Crippen LogP contribution is 2.16. The van der Waals surface area contributed by atoms with Crippen LogP contribution in [0.2, 0.25) is 0 Å². The van der Waals surface area contributed by atoms with E-state index in [2.05, 4.69) is 0 Å². The van der Waals surface area contributed by atoms with Crippen LogP contribution in [0.3, 0.4) is 0 Å². The van der Waals surface area contributed by atoms with Crippen molar-refractivity contribution in [3.8, 4) is 0 Å². The number of carbonyl (C=O) groups excluding carboxylic acids is 1. The van der Waals surface area contributed by atoms with Crippen LogP contribution in [-0.2, 0) is 0 Å². The van der Waals surface area contributed by atoms with Gasteiger partial charge in [-0.15, -0.1) is 11.8 Å². The van der Waals surface area contributed by atoms with Gasteiger partial charge in [0.2, 0.25) is 0 Å². The van der Waals surface area contributed by atoms with Crippen LogP contribution in [0, 0.1) is 0 Å². The average Bonchev–Trinajstić information content (AvgIpc) is 2.17. The van der Waals surface area contributed by atoms with Crippen LogP contribution >= 0.6 is 11.8 Å². The third-order valence-electron chi connectivity index (χ3n) is 1.74. The third-order valence-corrected chi connectivity index (χ3v) is 2.48. The molecule has 0 spiro atoms. The van der Waals surface area contributed by atoms with Crippen molar-refractivity contribution in [3.63, 3.8) is 0 Å². The zero-order valence-electron chi connectivity index (χ0n) is 7.58. The summed E-state index contributed by atoms with van der Waals surface area (Å²) in [5.74, 6) is -0.451. The minimum Gasteiger partial charge on any atom is -0.291 e. The molecule has 1 aromatic carbocycles. The molecule has 3 heteroatoms. The molecule has 1 aromatic rings. The Morgan fingerprint density at radius 1 is 1.38 bits per heavy atom. The number of alkyl halides is 1. The second kappa shape index (κ2) is 4.42. The summed E-state index contributed by atoms with van der Waals surface area (Å²) in [6, 6.07) is 6.95. The van der Waals surface area contributed by atoms with E-state index in [9.17, 15) is 9.18 Å². The second-order valence-electron chi connectivity index (χ2n) is 2.71. The molecule has 0 aliphatic rings. The Balaban J connectivity index is 2.86. The van der Waals surface area contributed by atoms with Crippen molar-refractivity contribution in [1.82, 2.24) is 0 Å². The number of hydrogen-bond donors (Lipinski definition) is 0. The van der Waals surface area contributed by atoms with E-state index in [0.717, 1.165) is 4.90 Å². The van der Waals surface area contributed by atoms with Crippen LogP contribution in [0.15, 0.2) is 29.2 Å². The van der Waals surface area contributed by atoms with Crippen LogP contribution in [-0.4, -0.2) is 18.2 Å². The quantitative estimate of drug-likeness (QED) is 0.548. The first-order valence-corrected chi connectivity index (χ1v) is 5.20. The summed E-state index contributed by atoms with van der Waals surface area (Å²) >= 11 is 1.59. The predicted octanol–water partition coefficient (Wildman–Crippen LogP) is 2.95. The Hall–Kier alpha value is -0.830. The fraction of sp³-hybridized carbons (Fsp3) is 0.300. The Labute approximate surface area is 81.3 Å². The van der Waals surface area contributed by atoms with Crippen LogP contribution in [0.1, 0.15) is 17.3 Å². The van der Waals surface area contributed by atoms with Gasteiger partial charge in [-0.1, -0.05) is 12.1 Å². The van der Waals surface area contributed by atoms with E-state index in [1.165, 1.54) is 6.92 Å². The smallest absolute Gasteiger partial charge is 0.196 e. The Morgan fingerprint density at radius 2 is 1.92 bits per heavy atom. The molecule has 0 aromatic heterocycles. The van der Waals surface area contributed by atoms with Gasteiger partial charge in [0.15, 0.2) is 12.0 Å². The SMILES string of the molecule is CSc1ccc(C(=O)C(C)F)cc1. The number of carbonyl (C=O) groups is 1. The summed E-state index contributed by atoms with van der Waals surface area (Å²) in [6.45, 7) is 1.25. The van der Waals surface area contributed by atoms with Crippen molar-refractivity contribution < 1.29 is 9.18 Å². The first-order valence-electron chi connectivity index (χ1n) is 3.97. The summed E-state index contributed by atoms with van der Waals surface area (Å²) in [5, 5.41) is 0. The van der Waals surface area contributed by atoms with Gasteiger partial charge in [-0.3, -0.25) is 4.79 Å². The third kappa shape index (κ3) is 2.56. The maximum Gasteiger partial charge on any atom is 0.196 e. The topological polar surface area (TPSA) is 17.1 Å². The highest BCUT2D eigenvalue weighted by molar-refractivity contribution is 7.98. The molecule has 0 saturated carbocycles. The van der Waals surface area contributed by atoms with Crippen molar-refractivity contribution in [1.29, 1.82) is 0 Å². The lowest BCUT2D eigenvalue weighted by Gasteiger charge is -2.01. The minimum atomic E-state index is -1.42. The molecular weight excluding hydrogens is 187 g/mol. The van der Waals surface area contributed by atoms with Crippen LogP contribution in [0.4, 0.5) is 4.39 Å². The lowest BCUT2D eigenvalue weighted by atomic mass is 10.1. The highest BCUT2D eigenvalue weighted by atomic mass is 32.2. The van der Waals surface area contributed by atoms with E-state index < -0.39 is 12.0 Å². The summed E-state index contributed by atoms with van der Waals surface area (Å²) in [5.41, 5.74) is 0.438. The van der Waals surface area contributed by atoms with Crippen molar-refractivity contribution in [2.24, 2.45) is 0 Å². The van der Waals surface area contributed by atoms with Crippen LogP contribution < -0.4 is 0 Å². The molecule has 1 atom stereocenters. The summed E-state index contributed by atoms with van der Waals surface area (Å²) in [6.07, 6.45) is 0.536. The molecule has 0 fully saturated rings. The molecular formula is C10H11FOS. The maximum atomic E-state index is 12.6. The lowest BCUT2D eigenvalue weighted by molar-refractivity contribution is 0.0893. The largest absolute Gasteiger partial charge is 0.291 e. The molecule has 1 rings (SSSR count). The van der Waals surface area contributed by atoms with Gasteiger partial charge in [-0.25, -0.2) is 4.39 Å². The molecule has 0 aliphatic carbocycles. The number of Topliss-reactive ketones (excluding diaryl/α,β-unsaturated/α-hetero) is 1. The molecule has 0 bridgehead atoms. The molecule has 0 N–H and O–H groups in total.